The van der Waals surface area contributed by atoms with Gasteiger partial charge in [0.1, 0.15) is 5.54 Å². The highest BCUT2D eigenvalue weighted by atomic mass is 19.4. The molecule has 1 saturated carbocycles. The summed E-state index contributed by atoms with van der Waals surface area (Å²) in [5, 5.41) is 12.5. The Hall–Kier alpha value is -2.57. The standard InChI is InChI=1S/C23H26F3NO3/c1-3-6-15-7-4-5-8-19(15)14(2)20(28)27-22(21(29)30)12-16-9-10-18(23(24,25)26)11-17(16)13-22/h3,6,11H,1,4-5,7-10,12-13H2,2H3,(H,27,28)(H,29,30)/b15-6-,19-14+. The quantitative estimate of drug-likeness (QED) is 0.605. The lowest BCUT2D eigenvalue weighted by Crippen LogP contribution is -2.53. The van der Waals surface area contributed by atoms with Gasteiger partial charge in [0.05, 0.1) is 0 Å². The van der Waals surface area contributed by atoms with Crippen LogP contribution >= 0.6 is 0 Å². The average Bonchev–Trinajstić information content (AvgIpc) is 3.06. The molecular weight excluding hydrogens is 395 g/mol. The van der Waals surface area contributed by atoms with Gasteiger partial charge in [-0.15, -0.1) is 0 Å². The van der Waals surface area contributed by atoms with Crippen molar-refractivity contribution in [2.24, 2.45) is 0 Å². The summed E-state index contributed by atoms with van der Waals surface area (Å²) in [6.07, 6.45) is 3.59. The molecule has 7 heteroatoms. The molecule has 0 bridgehead atoms. The van der Waals surface area contributed by atoms with Crippen molar-refractivity contribution in [3.8, 4) is 0 Å². The minimum atomic E-state index is -4.42. The molecule has 0 heterocycles. The number of hydrogen-bond donors (Lipinski definition) is 2. The van der Waals surface area contributed by atoms with Crippen LogP contribution in [0.3, 0.4) is 0 Å². The fraction of sp³-hybridized carbons (Fsp3) is 0.478. The Balaban J connectivity index is 1.86. The van der Waals surface area contributed by atoms with Crippen molar-refractivity contribution in [1.82, 2.24) is 5.32 Å². The monoisotopic (exact) mass is 421 g/mol. The van der Waals surface area contributed by atoms with Gasteiger partial charge >= 0.3 is 12.1 Å². The molecule has 3 aliphatic rings. The van der Waals surface area contributed by atoms with Crippen molar-refractivity contribution in [1.29, 1.82) is 0 Å². The van der Waals surface area contributed by atoms with Crippen LogP contribution in [0.1, 0.15) is 58.3 Å². The molecule has 4 nitrogen and oxygen atoms in total. The highest BCUT2D eigenvalue weighted by Gasteiger charge is 2.48. The van der Waals surface area contributed by atoms with Gasteiger partial charge in [-0.2, -0.15) is 13.2 Å². The van der Waals surface area contributed by atoms with Gasteiger partial charge in [0.25, 0.3) is 0 Å². The minimum absolute atomic E-state index is 0.0308. The Morgan fingerprint density at radius 3 is 2.50 bits per heavy atom. The van der Waals surface area contributed by atoms with Crippen LogP contribution in [0.2, 0.25) is 0 Å². The summed E-state index contributed by atoms with van der Waals surface area (Å²) < 4.78 is 39.2. The SMILES string of the molecule is C=C/C=C1/CCCC/C1=C(/C)C(=O)NC1(C(=O)O)CC2=C(CCC(C(F)(F)F)=C2)C1. The second kappa shape index (κ2) is 8.28. The lowest BCUT2D eigenvalue weighted by molar-refractivity contribution is -0.146. The van der Waals surface area contributed by atoms with Gasteiger partial charge in [-0.1, -0.05) is 30.4 Å². The zero-order chi connectivity index (χ0) is 22.1. The fourth-order valence-electron chi connectivity index (χ4n) is 4.61. The summed E-state index contributed by atoms with van der Waals surface area (Å²) in [5.41, 5.74) is 1.18. The van der Waals surface area contributed by atoms with E-state index in [4.69, 9.17) is 0 Å². The molecule has 3 rings (SSSR count). The number of carbonyl (C=O) groups is 2. The number of carbonyl (C=O) groups excluding carboxylic acids is 1. The van der Waals surface area contributed by atoms with Crippen LogP contribution in [-0.4, -0.2) is 28.7 Å². The maximum absolute atomic E-state index is 13.1. The Bertz CT molecular complexity index is 905. The number of carboxylic acids is 1. The van der Waals surface area contributed by atoms with E-state index >= 15 is 0 Å². The molecule has 0 aromatic rings. The van der Waals surface area contributed by atoms with Crippen molar-refractivity contribution in [2.45, 2.75) is 70.0 Å². The third kappa shape index (κ3) is 4.30. The third-order valence-corrected chi connectivity index (χ3v) is 6.26. The van der Waals surface area contributed by atoms with Crippen LogP contribution in [0.4, 0.5) is 13.2 Å². The minimum Gasteiger partial charge on any atom is -0.479 e. The normalized spacial score (nSPS) is 27.5. The number of carboxylic acid groups (broad SMARTS) is 1. The summed E-state index contributed by atoms with van der Waals surface area (Å²) >= 11 is 0. The number of amides is 1. The Labute approximate surface area is 173 Å². The maximum Gasteiger partial charge on any atom is 0.412 e. The van der Waals surface area contributed by atoms with Crippen molar-refractivity contribution in [3.63, 3.8) is 0 Å². The van der Waals surface area contributed by atoms with Crippen LogP contribution in [-0.2, 0) is 9.59 Å². The molecule has 162 valence electrons. The molecule has 30 heavy (non-hydrogen) atoms. The van der Waals surface area contributed by atoms with Gasteiger partial charge in [0.15, 0.2) is 0 Å². The number of hydrogen-bond acceptors (Lipinski definition) is 2. The third-order valence-electron chi connectivity index (χ3n) is 6.26. The van der Waals surface area contributed by atoms with E-state index in [1.807, 2.05) is 6.08 Å². The summed E-state index contributed by atoms with van der Waals surface area (Å²) in [4.78, 5) is 25.1. The van der Waals surface area contributed by atoms with E-state index in [-0.39, 0.29) is 25.7 Å². The van der Waals surface area contributed by atoms with Gasteiger partial charge in [-0.3, -0.25) is 4.79 Å². The van der Waals surface area contributed by atoms with E-state index in [9.17, 15) is 27.9 Å². The molecule has 3 aliphatic carbocycles. The Morgan fingerprint density at radius 2 is 1.87 bits per heavy atom. The highest BCUT2D eigenvalue weighted by molar-refractivity contribution is 5.98. The first-order chi connectivity index (χ1) is 14.1. The largest absolute Gasteiger partial charge is 0.479 e. The van der Waals surface area contributed by atoms with Gasteiger partial charge < -0.3 is 10.4 Å². The van der Waals surface area contributed by atoms with Crippen molar-refractivity contribution < 1.29 is 27.9 Å². The predicted molar refractivity (Wildman–Crippen MR) is 108 cm³/mol. The van der Waals surface area contributed by atoms with E-state index in [0.717, 1.165) is 42.9 Å². The smallest absolute Gasteiger partial charge is 0.412 e. The van der Waals surface area contributed by atoms with Crippen molar-refractivity contribution >= 4 is 11.9 Å². The first-order valence-electron chi connectivity index (χ1n) is 10.1. The predicted octanol–water partition coefficient (Wildman–Crippen LogP) is 5.30. The molecule has 1 fully saturated rings. The van der Waals surface area contributed by atoms with E-state index in [0.29, 0.717) is 16.7 Å². The number of allylic oxidation sites excluding steroid dienone is 6. The molecule has 1 atom stereocenters. The average molecular weight is 421 g/mol. The van der Waals surface area contributed by atoms with Crippen molar-refractivity contribution in [2.75, 3.05) is 0 Å². The molecule has 0 aliphatic heterocycles. The maximum atomic E-state index is 13.1. The molecule has 1 amide bonds. The van der Waals surface area contributed by atoms with Crippen LogP contribution in [0.25, 0.3) is 0 Å². The summed E-state index contributed by atoms with van der Waals surface area (Å²) in [6.45, 7) is 5.38. The molecule has 0 radical (unpaired) electrons. The lowest BCUT2D eigenvalue weighted by atomic mass is 9.85. The van der Waals surface area contributed by atoms with E-state index < -0.39 is 29.2 Å². The zero-order valence-electron chi connectivity index (χ0n) is 17.0. The first-order valence-corrected chi connectivity index (χ1v) is 10.1. The number of nitrogens with one attached hydrogen (secondary N) is 1. The number of alkyl halides is 3. The van der Waals surface area contributed by atoms with Crippen LogP contribution < -0.4 is 5.32 Å². The zero-order valence-corrected chi connectivity index (χ0v) is 17.0. The number of rotatable bonds is 4. The number of aliphatic carboxylic acids is 1. The van der Waals surface area contributed by atoms with Gasteiger partial charge in [0, 0.05) is 24.0 Å². The Kier molecular flexibility index (Phi) is 6.11. The van der Waals surface area contributed by atoms with Crippen molar-refractivity contribution in [3.05, 3.63) is 58.2 Å². The van der Waals surface area contributed by atoms with E-state index in [1.165, 1.54) is 0 Å². The number of halogens is 3. The lowest BCUT2D eigenvalue weighted by Gasteiger charge is -2.28. The summed E-state index contributed by atoms with van der Waals surface area (Å²) in [5.74, 6) is -1.71. The molecule has 1 unspecified atom stereocenters. The molecule has 0 spiro atoms. The summed E-state index contributed by atoms with van der Waals surface area (Å²) in [7, 11) is 0. The second-order valence-corrected chi connectivity index (χ2v) is 8.23. The Morgan fingerprint density at radius 1 is 1.17 bits per heavy atom. The highest BCUT2D eigenvalue weighted by Crippen LogP contribution is 2.45. The van der Waals surface area contributed by atoms with Crippen LogP contribution in [0.15, 0.2) is 58.2 Å². The second-order valence-electron chi connectivity index (χ2n) is 8.23. The fourth-order valence-corrected chi connectivity index (χ4v) is 4.61. The van der Waals surface area contributed by atoms with E-state index in [2.05, 4.69) is 11.9 Å². The van der Waals surface area contributed by atoms with Gasteiger partial charge in [-0.25, -0.2) is 4.79 Å². The molecule has 0 aromatic heterocycles. The van der Waals surface area contributed by atoms with Crippen LogP contribution in [0.5, 0.6) is 0 Å². The molecule has 0 aromatic carbocycles. The van der Waals surface area contributed by atoms with E-state index in [1.54, 1.807) is 13.0 Å². The van der Waals surface area contributed by atoms with Gasteiger partial charge in [-0.05, 0) is 62.2 Å². The topological polar surface area (TPSA) is 66.4 Å². The summed E-state index contributed by atoms with van der Waals surface area (Å²) in [6, 6.07) is 0. The molecule has 2 N–H and O–H groups in total. The molecule has 0 saturated heterocycles. The first kappa shape index (κ1) is 22.1. The van der Waals surface area contributed by atoms with Crippen LogP contribution in [0, 0.1) is 0 Å². The van der Waals surface area contributed by atoms with Gasteiger partial charge in [0.2, 0.25) is 5.91 Å². The molecular formula is C23H26F3NO3.